The Morgan fingerprint density at radius 2 is 1.93 bits per heavy atom. The zero-order chi connectivity index (χ0) is 20.2. The zero-order valence-corrected chi connectivity index (χ0v) is 17.4. The van der Waals surface area contributed by atoms with Crippen LogP contribution < -0.4 is 4.90 Å². The van der Waals surface area contributed by atoms with E-state index in [2.05, 4.69) is 9.97 Å². The van der Waals surface area contributed by atoms with E-state index in [0.29, 0.717) is 43.2 Å². The number of halogens is 1. The van der Waals surface area contributed by atoms with Crippen molar-refractivity contribution in [3.8, 4) is 0 Å². The fourth-order valence-corrected chi connectivity index (χ4v) is 6.56. The van der Waals surface area contributed by atoms with Crippen LogP contribution in [0.4, 0.5) is 5.69 Å². The van der Waals surface area contributed by atoms with Crippen LogP contribution in [0.5, 0.6) is 0 Å². The molecule has 2 fully saturated rings. The van der Waals surface area contributed by atoms with Gasteiger partial charge in [0.1, 0.15) is 5.69 Å². The van der Waals surface area contributed by atoms with E-state index in [0.717, 1.165) is 24.1 Å². The third kappa shape index (κ3) is 3.14. The van der Waals surface area contributed by atoms with E-state index in [9.17, 15) is 13.2 Å². The van der Waals surface area contributed by atoms with Crippen molar-refractivity contribution in [1.29, 1.82) is 0 Å². The number of hydrogen-bond acceptors (Lipinski definition) is 5. The molecule has 0 radical (unpaired) electrons. The highest BCUT2D eigenvalue weighted by Crippen LogP contribution is 2.49. The van der Waals surface area contributed by atoms with Crippen LogP contribution in [-0.4, -0.2) is 53.5 Å². The molecule has 0 atom stereocenters. The van der Waals surface area contributed by atoms with Crippen molar-refractivity contribution >= 4 is 33.2 Å². The summed E-state index contributed by atoms with van der Waals surface area (Å²) < 4.78 is 26.9. The molecule has 152 valence electrons. The Balaban J connectivity index is 1.46. The second-order valence-electron chi connectivity index (χ2n) is 8.07. The van der Waals surface area contributed by atoms with E-state index < -0.39 is 10.0 Å². The number of fused-ring (bicyclic) bond motifs is 2. The molecule has 1 aliphatic carbocycles. The Morgan fingerprint density at radius 3 is 2.59 bits per heavy atom. The predicted molar refractivity (Wildman–Crippen MR) is 110 cm³/mol. The number of hydrogen-bond donors (Lipinski definition) is 0. The topological polar surface area (TPSA) is 83.5 Å². The lowest BCUT2D eigenvalue weighted by atomic mass is 9.75. The fraction of sp³-hybridized carbons (Fsp3) is 0.450. The lowest BCUT2D eigenvalue weighted by molar-refractivity contribution is 0.0975. The van der Waals surface area contributed by atoms with Crippen LogP contribution in [0, 0.1) is 0 Å². The second kappa shape index (κ2) is 6.75. The van der Waals surface area contributed by atoms with Gasteiger partial charge >= 0.3 is 0 Å². The Kier molecular flexibility index (Phi) is 4.42. The summed E-state index contributed by atoms with van der Waals surface area (Å²) in [6.07, 6.45) is 7.36. The molecule has 1 saturated heterocycles. The molecule has 1 amide bonds. The molecule has 3 heterocycles. The highest BCUT2D eigenvalue weighted by molar-refractivity contribution is 7.90. The minimum Gasteiger partial charge on any atom is -0.306 e. The number of sulfonamides is 1. The summed E-state index contributed by atoms with van der Waals surface area (Å²) in [4.78, 5) is 23.0. The van der Waals surface area contributed by atoms with Crippen molar-refractivity contribution in [3.63, 3.8) is 0 Å². The van der Waals surface area contributed by atoms with E-state index in [1.165, 1.54) is 18.6 Å². The molecule has 29 heavy (non-hydrogen) atoms. The van der Waals surface area contributed by atoms with Gasteiger partial charge in [0.25, 0.3) is 5.91 Å². The minimum absolute atomic E-state index is 0.198. The molecule has 0 bridgehead atoms. The number of aromatic nitrogens is 2. The molecule has 1 spiro atoms. The number of benzene rings is 1. The first-order valence-corrected chi connectivity index (χ1v) is 11.7. The first-order chi connectivity index (χ1) is 13.9. The normalized spacial score (nSPS) is 21.3. The van der Waals surface area contributed by atoms with Gasteiger partial charge in [-0.1, -0.05) is 11.6 Å². The Hall–Kier alpha value is -2.03. The van der Waals surface area contributed by atoms with Crippen molar-refractivity contribution in [2.24, 2.45) is 0 Å². The molecule has 9 heteroatoms. The summed E-state index contributed by atoms with van der Waals surface area (Å²) in [6.45, 7) is 1.44. The van der Waals surface area contributed by atoms with Crippen LogP contribution in [0.1, 0.15) is 41.7 Å². The molecule has 0 unspecified atom stereocenters. The van der Waals surface area contributed by atoms with Gasteiger partial charge in [0, 0.05) is 48.2 Å². The number of piperidine rings is 1. The number of rotatable bonds is 3. The maximum atomic E-state index is 13.1. The van der Waals surface area contributed by atoms with Gasteiger partial charge in [-0.05, 0) is 49.4 Å². The van der Waals surface area contributed by atoms with Crippen molar-refractivity contribution < 1.29 is 13.2 Å². The number of nitrogens with zero attached hydrogens (tertiary/aromatic N) is 4. The van der Waals surface area contributed by atoms with Crippen LogP contribution in [0.25, 0.3) is 0 Å². The summed E-state index contributed by atoms with van der Waals surface area (Å²) in [7, 11) is -3.18. The maximum absolute atomic E-state index is 13.1. The molecule has 2 aliphatic heterocycles. The van der Waals surface area contributed by atoms with Crippen molar-refractivity contribution in [1.82, 2.24) is 14.3 Å². The van der Waals surface area contributed by atoms with Gasteiger partial charge in [-0.15, -0.1) is 0 Å². The predicted octanol–water partition coefficient (Wildman–Crippen LogP) is 2.62. The molecule has 5 rings (SSSR count). The zero-order valence-electron chi connectivity index (χ0n) is 15.8. The van der Waals surface area contributed by atoms with Crippen LogP contribution in [-0.2, 0) is 15.4 Å². The summed E-state index contributed by atoms with van der Waals surface area (Å²) in [5.74, 6) is -0.202. The molecule has 1 saturated carbocycles. The average molecular weight is 433 g/mol. The average Bonchev–Trinajstić information content (AvgIpc) is 3.55. The number of amides is 1. The van der Waals surface area contributed by atoms with Gasteiger partial charge in [0.2, 0.25) is 10.0 Å². The smallest absolute Gasteiger partial charge is 0.278 e. The molecular weight excluding hydrogens is 412 g/mol. The van der Waals surface area contributed by atoms with Crippen LogP contribution >= 0.6 is 11.6 Å². The molecular formula is C20H21ClN4O3S. The van der Waals surface area contributed by atoms with Crippen LogP contribution in [0.15, 0.2) is 36.8 Å². The Bertz CT molecular complexity index is 1060. The third-order valence-electron chi connectivity index (χ3n) is 6.29. The third-order valence-corrected chi connectivity index (χ3v) is 8.93. The van der Waals surface area contributed by atoms with E-state index >= 15 is 0 Å². The molecule has 2 aromatic rings. The van der Waals surface area contributed by atoms with E-state index in [4.69, 9.17) is 11.6 Å². The van der Waals surface area contributed by atoms with Crippen molar-refractivity contribution in [3.05, 3.63) is 53.1 Å². The van der Waals surface area contributed by atoms with Gasteiger partial charge in [-0.3, -0.25) is 9.78 Å². The van der Waals surface area contributed by atoms with Gasteiger partial charge in [-0.2, -0.15) is 0 Å². The molecule has 7 nitrogen and oxygen atoms in total. The lowest BCUT2D eigenvalue weighted by Crippen LogP contribution is -2.48. The second-order valence-corrected chi connectivity index (χ2v) is 10.7. The molecule has 1 aromatic carbocycles. The van der Waals surface area contributed by atoms with Gasteiger partial charge in [0.15, 0.2) is 0 Å². The first-order valence-electron chi connectivity index (χ1n) is 9.78. The standard InChI is InChI=1S/C20H21ClN4O3S/c21-14-1-4-18-16(11-14)20(13-25(18)19(26)17-12-22-7-8-23-17)5-9-24(10-6-20)29(27,28)15-2-3-15/h1,4,7-8,11-12,15H,2-3,5-6,9-10,13H2. The number of carbonyl (C=O) groups excluding carboxylic acids is 1. The summed E-state index contributed by atoms with van der Waals surface area (Å²) in [6, 6.07) is 5.57. The number of carbonyl (C=O) groups is 1. The SMILES string of the molecule is O=C(c1cnccn1)N1CC2(CCN(S(=O)(=O)C3CC3)CC2)c2cc(Cl)ccc21. The Labute approximate surface area is 174 Å². The van der Waals surface area contributed by atoms with Gasteiger partial charge < -0.3 is 4.90 Å². The van der Waals surface area contributed by atoms with Gasteiger partial charge in [0.05, 0.1) is 11.4 Å². The number of anilines is 1. The first kappa shape index (κ1) is 19.0. The summed E-state index contributed by atoms with van der Waals surface area (Å²) in [5.41, 5.74) is 1.83. The van der Waals surface area contributed by atoms with Crippen LogP contribution in [0.2, 0.25) is 5.02 Å². The van der Waals surface area contributed by atoms with Gasteiger partial charge in [-0.25, -0.2) is 17.7 Å². The van der Waals surface area contributed by atoms with Crippen molar-refractivity contribution in [2.75, 3.05) is 24.5 Å². The highest BCUT2D eigenvalue weighted by Gasteiger charge is 2.49. The molecule has 3 aliphatic rings. The molecule has 0 N–H and O–H groups in total. The van der Waals surface area contributed by atoms with Crippen LogP contribution in [0.3, 0.4) is 0 Å². The maximum Gasteiger partial charge on any atom is 0.278 e. The van der Waals surface area contributed by atoms with E-state index in [1.807, 2.05) is 12.1 Å². The largest absolute Gasteiger partial charge is 0.306 e. The van der Waals surface area contributed by atoms with E-state index in [-0.39, 0.29) is 16.6 Å². The summed E-state index contributed by atoms with van der Waals surface area (Å²) in [5, 5.41) is 0.418. The highest BCUT2D eigenvalue weighted by atomic mass is 35.5. The monoisotopic (exact) mass is 432 g/mol. The van der Waals surface area contributed by atoms with E-state index in [1.54, 1.807) is 15.3 Å². The fourth-order valence-electron chi connectivity index (χ4n) is 4.54. The quantitative estimate of drug-likeness (QED) is 0.744. The minimum atomic E-state index is -3.18. The Morgan fingerprint density at radius 1 is 1.17 bits per heavy atom. The molecule has 1 aromatic heterocycles. The lowest BCUT2D eigenvalue weighted by Gasteiger charge is -2.39. The summed E-state index contributed by atoms with van der Waals surface area (Å²) >= 11 is 6.29. The van der Waals surface area contributed by atoms with Crippen molar-refractivity contribution in [2.45, 2.75) is 36.3 Å².